The predicted octanol–water partition coefficient (Wildman–Crippen LogP) is 1.13. The molecule has 4 nitrogen and oxygen atoms in total. The first-order valence-corrected chi connectivity index (χ1v) is 4.97. The Hall–Kier alpha value is -1.60. The van der Waals surface area contributed by atoms with Crippen molar-refractivity contribution < 1.29 is 32.9 Å². The van der Waals surface area contributed by atoms with Gasteiger partial charge in [-0.2, -0.15) is 13.2 Å². The smallest absolute Gasteiger partial charge is 0.417 e. The van der Waals surface area contributed by atoms with Gasteiger partial charge >= 0.3 is 12.1 Å². The highest BCUT2D eigenvalue weighted by Gasteiger charge is 2.43. The van der Waals surface area contributed by atoms with Crippen molar-refractivity contribution in [3.63, 3.8) is 0 Å². The Bertz CT molecular complexity index is 391. The molecule has 0 aliphatic heterocycles. The van der Waals surface area contributed by atoms with Crippen LogP contribution >= 0.6 is 0 Å². The Morgan fingerprint density at radius 1 is 1.22 bits per heavy atom. The SMILES string of the molecule is O=C(OC[C@H](O)[C@@H](O)C(F)(F)F)c1ccccc1. The molecule has 0 aliphatic carbocycles. The van der Waals surface area contributed by atoms with Crippen molar-refractivity contribution in [1.82, 2.24) is 0 Å². The van der Waals surface area contributed by atoms with E-state index < -0.39 is 31.0 Å². The van der Waals surface area contributed by atoms with Crippen LogP contribution in [0.4, 0.5) is 13.2 Å². The second-order valence-electron chi connectivity index (χ2n) is 3.52. The van der Waals surface area contributed by atoms with Gasteiger partial charge in [0.05, 0.1) is 5.56 Å². The zero-order valence-corrected chi connectivity index (χ0v) is 9.09. The summed E-state index contributed by atoms with van der Waals surface area (Å²) in [4.78, 5) is 11.3. The molecule has 0 saturated heterocycles. The number of carbonyl (C=O) groups excluding carboxylic acids is 1. The van der Waals surface area contributed by atoms with E-state index in [9.17, 15) is 18.0 Å². The van der Waals surface area contributed by atoms with Crippen LogP contribution in [-0.2, 0) is 4.74 Å². The van der Waals surface area contributed by atoms with Gasteiger partial charge in [-0.1, -0.05) is 18.2 Å². The Morgan fingerprint density at radius 3 is 2.28 bits per heavy atom. The standard InChI is InChI=1S/C11H11F3O4/c12-11(13,14)9(16)8(15)6-18-10(17)7-4-2-1-3-5-7/h1-5,8-9,15-16H,6H2/t8-,9+/m0/s1. The summed E-state index contributed by atoms with van der Waals surface area (Å²) in [5, 5.41) is 17.7. The Kier molecular flexibility index (Phi) is 4.69. The van der Waals surface area contributed by atoms with Crippen LogP contribution < -0.4 is 0 Å². The molecule has 1 aromatic rings. The molecule has 0 aromatic heterocycles. The highest BCUT2D eigenvalue weighted by atomic mass is 19.4. The normalized spacial score (nSPS) is 14.9. The van der Waals surface area contributed by atoms with Crippen molar-refractivity contribution in [2.45, 2.75) is 18.4 Å². The third kappa shape index (κ3) is 4.01. The van der Waals surface area contributed by atoms with Crippen molar-refractivity contribution in [1.29, 1.82) is 0 Å². The van der Waals surface area contributed by atoms with Gasteiger partial charge < -0.3 is 14.9 Å². The fourth-order valence-corrected chi connectivity index (χ4v) is 1.13. The van der Waals surface area contributed by atoms with Gasteiger partial charge in [0.1, 0.15) is 12.7 Å². The monoisotopic (exact) mass is 264 g/mol. The largest absolute Gasteiger partial charge is 0.459 e. The molecule has 100 valence electrons. The van der Waals surface area contributed by atoms with Crippen molar-refractivity contribution in [3.8, 4) is 0 Å². The van der Waals surface area contributed by atoms with Gasteiger partial charge in [-0.15, -0.1) is 0 Å². The van der Waals surface area contributed by atoms with E-state index in [2.05, 4.69) is 4.74 Å². The van der Waals surface area contributed by atoms with E-state index in [1.54, 1.807) is 18.2 Å². The lowest BCUT2D eigenvalue weighted by molar-refractivity contribution is -0.233. The van der Waals surface area contributed by atoms with E-state index in [4.69, 9.17) is 10.2 Å². The first kappa shape index (κ1) is 14.5. The molecule has 0 saturated carbocycles. The lowest BCUT2D eigenvalue weighted by Gasteiger charge is -2.20. The van der Waals surface area contributed by atoms with Crippen molar-refractivity contribution in [2.24, 2.45) is 0 Å². The van der Waals surface area contributed by atoms with E-state index in [1.807, 2.05) is 0 Å². The van der Waals surface area contributed by atoms with Crippen LogP contribution in [-0.4, -0.2) is 41.2 Å². The molecule has 1 rings (SSSR count). The third-order valence-electron chi connectivity index (χ3n) is 2.09. The van der Waals surface area contributed by atoms with Gasteiger partial charge in [0.15, 0.2) is 6.10 Å². The quantitative estimate of drug-likeness (QED) is 0.800. The number of ether oxygens (including phenoxy) is 1. The molecule has 0 unspecified atom stereocenters. The minimum Gasteiger partial charge on any atom is -0.459 e. The molecule has 0 amide bonds. The summed E-state index contributed by atoms with van der Waals surface area (Å²) in [6, 6.07) is 7.58. The van der Waals surface area contributed by atoms with Gasteiger partial charge in [0, 0.05) is 0 Å². The molecule has 1 aromatic carbocycles. The number of halogens is 3. The Balaban J connectivity index is 2.49. The maximum Gasteiger partial charge on any atom is 0.417 e. The predicted molar refractivity (Wildman–Crippen MR) is 54.8 cm³/mol. The van der Waals surface area contributed by atoms with Crippen LogP contribution in [0.5, 0.6) is 0 Å². The van der Waals surface area contributed by atoms with E-state index >= 15 is 0 Å². The number of rotatable bonds is 4. The third-order valence-corrected chi connectivity index (χ3v) is 2.09. The lowest BCUT2D eigenvalue weighted by Crippen LogP contribution is -2.42. The maximum atomic E-state index is 12.0. The molecule has 0 radical (unpaired) electrons. The Morgan fingerprint density at radius 2 is 1.78 bits per heavy atom. The van der Waals surface area contributed by atoms with E-state index in [1.165, 1.54) is 12.1 Å². The summed E-state index contributed by atoms with van der Waals surface area (Å²) < 4.78 is 40.4. The summed E-state index contributed by atoms with van der Waals surface area (Å²) in [5.74, 6) is -0.871. The van der Waals surface area contributed by atoms with Gasteiger partial charge in [-0.05, 0) is 12.1 Å². The molecule has 7 heteroatoms. The summed E-state index contributed by atoms with van der Waals surface area (Å²) in [7, 11) is 0. The molecule has 2 atom stereocenters. The molecule has 0 heterocycles. The number of alkyl halides is 3. The van der Waals surface area contributed by atoms with Crippen molar-refractivity contribution in [3.05, 3.63) is 35.9 Å². The highest BCUT2D eigenvalue weighted by Crippen LogP contribution is 2.22. The van der Waals surface area contributed by atoms with E-state index in [-0.39, 0.29) is 5.56 Å². The van der Waals surface area contributed by atoms with Crippen LogP contribution in [0.15, 0.2) is 30.3 Å². The summed E-state index contributed by atoms with van der Waals surface area (Å²) in [6.07, 6.45) is -10.1. The molecule has 0 spiro atoms. The van der Waals surface area contributed by atoms with Gasteiger partial charge in [-0.25, -0.2) is 4.79 Å². The second-order valence-corrected chi connectivity index (χ2v) is 3.52. The molecule has 18 heavy (non-hydrogen) atoms. The summed E-state index contributed by atoms with van der Waals surface area (Å²) in [6.45, 7) is -0.936. The first-order valence-electron chi connectivity index (χ1n) is 4.97. The first-order chi connectivity index (χ1) is 8.32. The maximum absolute atomic E-state index is 12.0. The minimum absolute atomic E-state index is 0.145. The molecule has 0 bridgehead atoms. The zero-order chi connectivity index (χ0) is 13.8. The van der Waals surface area contributed by atoms with Crippen molar-refractivity contribution >= 4 is 5.97 Å². The fraction of sp³-hybridized carbons (Fsp3) is 0.364. The van der Waals surface area contributed by atoms with Crippen LogP contribution in [0, 0.1) is 0 Å². The number of hydrogen-bond donors (Lipinski definition) is 2. The molecular weight excluding hydrogens is 253 g/mol. The van der Waals surface area contributed by atoms with Crippen LogP contribution in [0.3, 0.4) is 0 Å². The summed E-state index contributed by atoms with van der Waals surface area (Å²) in [5.41, 5.74) is 0.145. The molecule has 0 fully saturated rings. The number of esters is 1. The number of hydrogen-bond acceptors (Lipinski definition) is 4. The van der Waals surface area contributed by atoms with Crippen molar-refractivity contribution in [2.75, 3.05) is 6.61 Å². The van der Waals surface area contributed by atoms with Crippen LogP contribution in [0.2, 0.25) is 0 Å². The number of carbonyl (C=O) groups is 1. The highest BCUT2D eigenvalue weighted by molar-refractivity contribution is 5.89. The number of aliphatic hydroxyl groups is 2. The average molecular weight is 264 g/mol. The fourth-order valence-electron chi connectivity index (χ4n) is 1.13. The van der Waals surface area contributed by atoms with Crippen LogP contribution in [0.25, 0.3) is 0 Å². The molecular formula is C11H11F3O4. The second kappa shape index (κ2) is 5.83. The number of aliphatic hydroxyl groups excluding tert-OH is 2. The van der Waals surface area contributed by atoms with E-state index in [0.717, 1.165) is 0 Å². The minimum atomic E-state index is -4.96. The molecule has 2 N–H and O–H groups in total. The lowest BCUT2D eigenvalue weighted by atomic mass is 10.2. The van der Waals surface area contributed by atoms with Gasteiger partial charge in [0.25, 0.3) is 0 Å². The summed E-state index contributed by atoms with van der Waals surface area (Å²) >= 11 is 0. The van der Waals surface area contributed by atoms with E-state index in [0.29, 0.717) is 0 Å². The Labute approximate surface area is 101 Å². The van der Waals surface area contributed by atoms with Gasteiger partial charge in [-0.3, -0.25) is 0 Å². The van der Waals surface area contributed by atoms with Crippen LogP contribution in [0.1, 0.15) is 10.4 Å². The number of benzene rings is 1. The van der Waals surface area contributed by atoms with Gasteiger partial charge in [0.2, 0.25) is 0 Å². The topological polar surface area (TPSA) is 66.8 Å². The zero-order valence-electron chi connectivity index (χ0n) is 9.09. The molecule has 0 aliphatic rings. The average Bonchev–Trinajstić information content (AvgIpc) is 2.34.